The maximum absolute atomic E-state index is 12.8. The van der Waals surface area contributed by atoms with Crippen LogP contribution in [0.5, 0.6) is 0 Å². The van der Waals surface area contributed by atoms with Crippen molar-refractivity contribution in [1.29, 1.82) is 0 Å². The maximum atomic E-state index is 12.8. The molecule has 2 aliphatic rings. The molecule has 2 amide bonds. The Kier molecular flexibility index (Phi) is 6.46. The van der Waals surface area contributed by atoms with Crippen LogP contribution in [-0.4, -0.2) is 57.3 Å². The van der Waals surface area contributed by atoms with Crippen molar-refractivity contribution in [3.05, 3.63) is 46.4 Å². The van der Waals surface area contributed by atoms with Crippen molar-refractivity contribution in [3.63, 3.8) is 0 Å². The van der Waals surface area contributed by atoms with Gasteiger partial charge in [0.1, 0.15) is 5.82 Å². The lowest BCUT2D eigenvalue weighted by Crippen LogP contribution is -2.50. The van der Waals surface area contributed by atoms with Gasteiger partial charge >= 0.3 is 0 Å². The highest BCUT2D eigenvalue weighted by Crippen LogP contribution is 2.26. The number of benzene rings is 1. The van der Waals surface area contributed by atoms with Gasteiger partial charge in [-0.15, -0.1) is 11.3 Å². The molecule has 0 atom stereocenters. The van der Waals surface area contributed by atoms with Crippen molar-refractivity contribution in [2.45, 2.75) is 38.6 Å². The van der Waals surface area contributed by atoms with Crippen LogP contribution in [0.1, 0.15) is 47.6 Å². The van der Waals surface area contributed by atoms with Crippen LogP contribution in [0.2, 0.25) is 0 Å². The zero-order chi connectivity index (χ0) is 22.8. The Bertz CT molecular complexity index is 1130. The SMILES string of the molecule is Cn1c(CN2CCN(C(=O)C3CCCCC3)CC2)nc2cc(NC(=O)c3cccs3)ccc21. The second-order valence-corrected chi connectivity index (χ2v) is 10.1. The molecule has 0 bridgehead atoms. The van der Waals surface area contributed by atoms with Crippen LogP contribution >= 0.6 is 11.3 Å². The first kappa shape index (κ1) is 22.1. The Morgan fingerprint density at radius 3 is 2.61 bits per heavy atom. The molecular weight excluding hydrogens is 434 g/mol. The van der Waals surface area contributed by atoms with Crippen LogP contribution in [0.4, 0.5) is 5.69 Å². The molecule has 2 aromatic heterocycles. The van der Waals surface area contributed by atoms with E-state index in [1.807, 2.05) is 42.8 Å². The fourth-order valence-electron chi connectivity index (χ4n) is 5.00. The number of anilines is 1. The second kappa shape index (κ2) is 9.65. The Morgan fingerprint density at radius 2 is 1.88 bits per heavy atom. The summed E-state index contributed by atoms with van der Waals surface area (Å²) in [4.78, 5) is 35.2. The van der Waals surface area contributed by atoms with E-state index in [1.165, 1.54) is 30.6 Å². The van der Waals surface area contributed by atoms with Crippen LogP contribution in [0.3, 0.4) is 0 Å². The molecule has 1 N–H and O–H groups in total. The Morgan fingerprint density at radius 1 is 1.09 bits per heavy atom. The van der Waals surface area contributed by atoms with Crippen LogP contribution < -0.4 is 5.32 Å². The first-order valence-corrected chi connectivity index (χ1v) is 12.8. The third-order valence-corrected chi connectivity index (χ3v) is 7.85. The molecule has 1 aliphatic carbocycles. The lowest BCUT2D eigenvalue weighted by atomic mass is 9.88. The summed E-state index contributed by atoms with van der Waals surface area (Å²) in [5.41, 5.74) is 2.67. The summed E-state index contributed by atoms with van der Waals surface area (Å²) in [5, 5.41) is 4.86. The molecule has 2 fully saturated rings. The van der Waals surface area contributed by atoms with Gasteiger partial charge in [0, 0.05) is 44.8 Å². The van der Waals surface area contributed by atoms with Crippen molar-refractivity contribution in [3.8, 4) is 0 Å². The number of carbonyl (C=O) groups is 2. The average molecular weight is 466 g/mol. The van der Waals surface area contributed by atoms with Gasteiger partial charge in [-0.1, -0.05) is 25.3 Å². The van der Waals surface area contributed by atoms with Gasteiger partial charge in [0.2, 0.25) is 5.91 Å². The third-order valence-electron chi connectivity index (χ3n) is 6.98. The molecule has 5 rings (SSSR count). The van der Waals surface area contributed by atoms with Crippen LogP contribution in [0.15, 0.2) is 35.7 Å². The Balaban J connectivity index is 1.21. The number of aromatic nitrogens is 2. The highest BCUT2D eigenvalue weighted by Gasteiger charge is 2.28. The molecular formula is C25H31N5O2S. The molecule has 3 aromatic rings. The predicted molar refractivity (Wildman–Crippen MR) is 131 cm³/mol. The number of fused-ring (bicyclic) bond motifs is 1. The maximum Gasteiger partial charge on any atom is 0.265 e. The lowest BCUT2D eigenvalue weighted by Gasteiger charge is -2.37. The fourth-order valence-corrected chi connectivity index (χ4v) is 5.62. The van der Waals surface area contributed by atoms with Gasteiger partial charge in [-0.2, -0.15) is 0 Å². The van der Waals surface area contributed by atoms with Gasteiger partial charge in [-0.25, -0.2) is 4.98 Å². The van der Waals surface area contributed by atoms with Gasteiger partial charge in [-0.3, -0.25) is 14.5 Å². The van der Waals surface area contributed by atoms with E-state index in [9.17, 15) is 9.59 Å². The molecule has 0 unspecified atom stereocenters. The summed E-state index contributed by atoms with van der Waals surface area (Å²) >= 11 is 1.43. The number of hydrogen-bond acceptors (Lipinski definition) is 5. The van der Waals surface area contributed by atoms with Crippen molar-refractivity contribution < 1.29 is 9.59 Å². The number of hydrogen-bond donors (Lipinski definition) is 1. The third kappa shape index (κ3) is 4.82. The summed E-state index contributed by atoms with van der Waals surface area (Å²) in [7, 11) is 2.04. The van der Waals surface area contributed by atoms with Crippen LogP contribution in [0, 0.1) is 5.92 Å². The molecule has 174 valence electrons. The first-order valence-electron chi connectivity index (χ1n) is 11.9. The average Bonchev–Trinajstić information content (AvgIpc) is 3.49. The molecule has 3 heterocycles. The number of piperazine rings is 1. The summed E-state index contributed by atoms with van der Waals surface area (Å²) in [6.45, 7) is 4.12. The Labute approximate surface area is 198 Å². The van der Waals surface area contributed by atoms with E-state index in [1.54, 1.807) is 0 Å². The number of carbonyl (C=O) groups excluding carboxylic acids is 2. The monoisotopic (exact) mass is 465 g/mol. The normalized spacial score (nSPS) is 18.0. The van der Waals surface area contributed by atoms with Gasteiger partial charge in [0.15, 0.2) is 0 Å². The second-order valence-electron chi connectivity index (χ2n) is 9.16. The largest absolute Gasteiger partial charge is 0.340 e. The molecule has 1 aromatic carbocycles. The van der Waals surface area contributed by atoms with E-state index in [-0.39, 0.29) is 11.8 Å². The Hall–Kier alpha value is -2.71. The molecule has 7 nitrogen and oxygen atoms in total. The zero-order valence-electron chi connectivity index (χ0n) is 19.1. The molecule has 33 heavy (non-hydrogen) atoms. The molecule has 0 spiro atoms. The van der Waals surface area contributed by atoms with Gasteiger partial charge in [0.25, 0.3) is 5.91 Å². The molecule has 1 saturated carbocycles. The highest BCUT2D eigenvalue weighted by molar-refractivity contribution is 7.12. The number of thiophene rings is 1. The van der Waals surface area contributed by atoms with Gasteiger partial charge in [0.05, 0.1) is 22.5 Å². The molecule has 0 radical (unpaired) electrons. The van der Waals surface area contributed by atoms with Crippen LogP contribution in [0.25, 0.3) is 11.0 Å². The van der Waals surface area contributed by atoms with Crippen molar-refractivity contribution >= 4 is 39.9 Å². The molecule has 8 heteroatoms. The summed E-state index contributed by atoms with van der Waals surface area (Å²) in [6.07, 6.45) is 5.80. The summed E-state index contributed by atoms with van der Waals surface area (Å²) in [5.74, 6) is 1.52. The highest BCUT2D eigenvalue weighted by atomic mass is 32.1. The number of amides is 2. The number of rotatable bonds is 5. The van der Waals surface area contributed by atoms with Crippen molar-refractivity contribution in [2.24, 2.45) is 13.0 Å². The van der Waals surface area contributed by atoms with Gasteiger partial charge < -0.3 is 14.8 Å². The minimum absolute atomic E-state index is 0.0962. The quantitative estimate of drug-likeness (QED) is 0.616. The standard InChI is InChI=1S/C25H31N5O2S/c1-28-21-10-9-19(26-24(31)22-8-5-15-33-22)16-20(21)27-23(28)17-29-11-13-30(14-12-29)25(32)18-6-3-2-4-7-18/h5,8-10,15-16,18H,2-4,6-7,11-14,17H2,1H3,(H,26,31). The first-order chi connectivity index (χ1) is 16.1. The number of imidazole rings is 1. The number of aryl methyl sites for hydroxylation is 1. The lowest BCUT2D eigenvalue weighted by molar-refractivity contribution is -0.138. The summed E-state index contributed by atoms with van der Waals surface area (Å²) < 4.78 is 2.12. The smallest absolute Gasteiger partial charge is 0.265 e. The van der Waals surface area contributed by atoms with Gasteiger partial charge in [-0.05, 0) is 42.5 Å². The minimum atomic E-state index is -0.0962. The van der Waals surface area contributed by atoms with Crippen molar-refractivity contribution in [2.75, 3.05) is 31.5 Å². The van der Waals surface area contributed by atoms with Crippen molar-refractivity contribution in [1.82, 2.24) is 19.4 Å². The number of nitrogens with zero attached hydrogens (tertiary/aromatic N) is 4. The molecule has 1 aliphatic heterocycles. The minimum Gasteiger partial charge on any atom is -0.340 e. The summed E-state index contributed by atoms with van der Waals surface area (Å²) in [6, 6.07) is 9.57. The number of nitrogens with one attached hydrogen (secondary N) is 1. The van der Waals surface area contributed by atoms with E-state index < -0.39 is 0 Å². The van der Waals surface area contributed by atoms with E-state index in [0.717, 1.165) is 68.1 Å². The zero-order valence-corrected chi connectivity index (χ0v) is 19.9. The van der Waals surface area contributed by atoms with E-state index in [0.29, 0.717) is 10.8 Å². The van der Waals surface area contributed by atoms with E-state index >= 15 is 0 Å². The molecule has 1 saturated heterocycles. The van der Waals surface area contributed by atoms with E-state index in [4.69, 9.17) is 4.98 Å². The van der Waals surface area contributed by atoms with Crippen LogP contribution in [-0.2, 0) is 18.4 Å². The fraction of sp³-hybridized carbons (Fsp3) is 0.480. The van der Waals surface area contributed by atoms with E-state index in [2.05, 4.69) is 19.7 Å². The predicted octanol–water partition coefficient (Wildman–Crippen LogP) is 4.11. The topological polar surface area (TPSA) is 70.5 Å².